The topological polar surface area (TPSA) is 204 Å². The Kier molecular flexibility index (Phi) is 18.3. The van der Waals surface area contributed by atoms with Crippen LogP contribution in [0.4, 0.5) is 11.4 Å². The minimum absolute atomic E-state index is 0.000912. The molecule has 1 fully saturated rings. The maximum Gasteiger partial charge on any atom is 0.249 e. The summed E-state index contributed by atoms with van der Waals surface area (Å²) in [4.78, 5) is 59.2. The Morgan fingerprint density at radius 2 is 1.67 bits per heavy atom. The fraction of sp³-hybridized carbons (Fsp3) is 0.435. The van der Waals surface area contributed by atoms with Crippen LogP contribution < -0.4 is 26.0 Å². The first-order valence-electron chi connectivity index (χ1n) is 20.9. The number of nitrogens with zero attached hydrogens (tertiary/aromatic N) is 3. The number of aliphatic hydroxyl groups is 1. The average Bonchev–Trinajstić information content (AvgIpc) is 3.95. The molecule has 0 bridgehead atoms. The van der Waals surface area contributed by atoms with Crippen molar-refractivity contribution in [2.45, 2.75) is 83.6 Å². The first-order chi connectivity index (χ1) is 30.2. The van der Waals surface area contributed by atoms with Crippen LogP contribution in [0, 0.1) is 17.2 Å². The number of thiazole rings is 1. The van der Waals surface area contributed by atoms with Gasteiger partial charge in [0.25, 0.3) is 0 Å². The molecule has 1 aliphatic heterocycles. The number of halogens is 1. The van der Waals surface area contributed by atoms with Crippen LogP contribution in [0.25, 0.3) is 10.4 Å². The van der Waals surface area contributed by atoms with Gasteiger partial charge in [-0.1, -0.05) is 49.7 Å². The summed E-state index contributed by atoms with van der Waals surface area (Å²) in [6.07, 6.45) is 3.21. The van der Waals surface area contributed by atoms with Crippen LogP contribution in [0.5, 0.6) is 5.75 Å². The van der Waals surface area contributed by atoms with E-state index in [4.69, 9.17) is 31.1 Å². The predicted octanol–water partition coefficient (Wildman–Crippen LogP) is 6.17. The summed E-state index contributed by atoms with van der Waals surface area (Å²) >= 11 is 7.64. The van der Waals surface area contributed by atoms with Gasteiger partial charge in [-0.15, -0.1) is 11.3 Å². The molecule has 1 aliphatic rings. The van der Waals surface area contributed by atoms with Crippen molar-refractivity contribution in [3.05, 3.63) is 94.6 Å². The number of β-amino-alcohol motifs (C(OH)–C–C–N with tert-alkyl or cyclic N) is 1. The Bertz CT molecular complexity index is 2160. The van der Waals surface area contributed by atoms with Gasteiger partial charge in [-0.2, -0.15) is 5.26 Å². The first kappa shape index (κ1) is 48.5. The van der Waals surface area contributed by atoms with Gasteiger partial charge in [0.05, 0.1) is 33.7 Å². The number of nitriles is 1. The zero-order valence-corrected chi connectivity index (χ0v) is 37.6. The Balaban J connectivity index is 0.916. The van der Waals surface area contributed by atoms with E-state index in [9.17, 15) is 24.3 Å². The van der Waals surface area contributed by atoms with E-state index >= 15 is 0 Å². The van der Waals surface area contributed by atoms with Crippen LogP contribution in [0.2, 0.25) is 5.02 Å². The summed E-state index contributed by atoms with van der Waals surface area (Å²) < 4.78 is 17.1. The molecule has 15 nitrogen and oxygen atoms in total. The van der Waals surface area contributed by atoms with Gasteiger partial charge >= 0.3 is 0 Å². The van der Waals surface area contributed by atoms with Crippen LogP contribution in [-0.2, 0) is 35.2 Å². The molecular weight excluding hydrogens is 846 g/mol. The van der Waals surface area contributed by atoms with Crippen LogP contribution in [0.1, 0.15) is 64.5 Å². The Labute approximate surface area is 377 Å². The molecule has 0 spiro atoms. The van der Waals surface area contributed by atoms with Crippen molar-refractivity contribution in [3.63, 3.8) is 0 Å². The highest BCUT2D eigenvalue weighted by molar-refractivity contribution is 7.13. The number of benzene rings is 3. The molecule has 336 valence electrons. The van der Waals surface area contributed by atoms with E-state index in [1.807, 2.05) is 68.4 Å². The number of ether oxygens (including phenoxy) is 3. The van der Waals surface area contributed by atoms with Gasteiger partial charge in [0.1, 0.15) is 36.0 Å². The molecule has 4 amide bonds. The third-order valence-corrected chi connectivity index (χ3v) is 11.4. The van der Waals surface area contributed by atoms with Crippen LogP contribution >= 0.6 is 22.9 Å². The molecule has 5 rings (SSSR count). The molecular formula is C46H56ClN7O8S. The number of hydrogen-bond donors (Lipinski definition) is 5. The number of amides is 4. The van der Waals surface area contributed by atoms with E-state index in [0.717, 1.165) is 34.5 Å². The fourth-order valence-corrected chi connectivity index (χ4v) is 7.57. The highest BCUT2D eigenvalue weighted by Gasteiger charge is 2.42. The number of nitrogens with one attached hydrogen (secondary N) is 4. The molecule has 2 heterocycles. The van der Waals surface area contributed by atoms with Crippen molar-refractivity contribution < 1.29 is 38.5 Å². The van der Waals surface area contributed by atoms with E-state index in [2.05, 4.69) is 26.3 Å². The number of unbranched alkanes of at least 4 members (excludes halogenated alkanes) is 1. The van der Waals surface area contributed by atoms with Gasteiger partial charge in [0.15, 0.2) is 0 Å². The molecule has 1 aromatic heterocycles. The predicted molar refractivity (Wildman–Crippen MR) is 242 cm³/mol. The Morgan fingerprint density at radius 3 is 2.35 bits per heavy atom. The second-order valence-electron chi connectivity index (χ2n) is 16.1. The first-order valence-corrected chi connectivity index (χ1v) is 22.2. The number of anilines is 2. The number of aliphatic hydroxyl groups excluding tert-OH is 1. The number of rotatable bonds is 23. The monoisotopic (exact) mass is 901 g/mol. The summed E-state index contributed by atoms with van der Waals surface area (Å²) in [5.41, 5.74) is 4.32. The standard InChI is InChI=1S/C46H56ClN7O8S/c1-30(2)42(44(58)54-27-36(55)23-39(54)43(57)50-25-31-8-10-32(11-9-31)40-26-49-29-63-40)52-41(56)28-61-20-7-19-60-18-5-6-21-62-37-16-14-34(15-17-37)53-46(3,4)45(59)51-35-13-12-33(24-48)38(47)22-35/h8-17,22,26,29-30,36,39,42,53,55H,5-7,18-21,23,25,27-28H2,1-4H3,(H,50,57)(H,51,59)(H,52,56)/t36-,39+,42+/m1/s1. The lowest BCUT2D eigenvalue weighted by Gasteiger charge is -2.30. The number of carbonyl (C=O) groups is 4. The normalized spacial score (nSPS) is 15.4. The van der Waals surface area contributed by atoms with Gasteiger partial charge in [-0.3, -0.25) is 24.2 Å². The van der Waals surface area contributed by atoms with E-state index in [1.165, 1.54) is 4.90 Å². The van der Waals surface area contributed by atoms with Crippen molar-refractivity contribution >= 4 is 57.9 Å². The third kappa shape index (κ3) is 14.8. The van der Waals surface area contributed by atoms with Gasteiger partial charge in [0.2, 0.25) is 23.6 Å². The van der Waals surface area contributed by atoms with E-state index < -0.39 is 35.5 Å². The zero-order chi connectivity index (χ0) is 45.4. The molecule has 63 heavy (non-hydrogen) atoms. The van der Waals surface area contributed by atoms with Crippen molar-refractivity contribution in [3.8, 4) is 22.3 Å². The summed E-state index contributed by atoms with van der Waals surface area (Å²) in [5, 5.41) is 31.5. The molecule has 1 saturated heterocycles. The summed E-state index contributed by atoms with van der Waals surface area (Å²) in [7, 11) is 0. The van der Waals surface area contributed by atoms with E-state index in [1.54, 1.807) is 55.1 Å². The Hall–Kier alpha value is -5.57. The molecule has 0 unspecified atom stereocenters. The maximum atomic E-state index is 13.7. The zero-order valence-electron chi connectivity index (χ0n) is 36.0. The maximum absolute atomic E-state index is 13.7. The summed E-state index contributed by atoms with van der Waals surface area (Å²) in [6.45, 7) is 8.98. The Morgan fingerprint density at radius 1 is 0.968 bits per heavy atom. The SMILES string of the molecule is CC(C)[C@H](NC(=O)COCCCOCCCCOc1ccc(NC(C)(C)C(=O)Nc2ccc(C#N)c(Cl)c2)cc1)C(=O)N1C[C@H](O)C[C@H]1C(=O)NCc1ccc(-c2cncs2)cc1. The minimum Gasteiger partial charge on any atom is -0.494 e. The van der Waals surface area contributed by atoms with E-state index in [-0.39, 0.29) is 48.9 Å². The van der Waals surface area contributed by atoms with Gasteiger partial charge < -0.3 is 45.5 Å². The quantitative estimate of drug-likeness (QED) is 0.0533. The summed E-state index contributed by atoms with van der Waals surface area (Å²) in [5.74, 6) is -1.08. The van der Waals surface area contributed by atoms with Crippen LogP contribution in [0.15, 0.2) is 78.4 Å². The summed E-state index contributed by atoms with van der Waals surface area (Å²) in [6, 6.07) is 20.1. The molecule has 0 radical (unpaired) electrons. The third-order valence-electron chi connectivity index (χ3n) is 10.2. The lowest BCUT2D eigenvalue weighted by Crippen LogP contribution is -2.55. The average molecular weight is 903 g/mol. The van der Waals surface area contributed by atoms with Gasteiger partial charge in [-0.05, 0) is 92.6 Å². The second kappa shape index (κ2) is 23.8. The number of hydrogen-bond acceptors (Lipinski definition) is 12. The highest BCUT2D eigenvalue weighted by atomic mass is 35.5. The van der Waals surface area contributed by atoms with Crippen LogP contribution in [-0.4, -0.2) is 102 Å². The highest BCUT2D eigenvalue weighted by Crippen LogP contribution is 2.26. The van der Waals surface area contributed by atoms with Gasteiger partial charge in [-0.25, -0.2) is 0 Å². The van der Waals surface area contributed by atoms with Crippen molar-refractivity contribution in [2.75, 3.05) is 50.2 Å². The van der Waals surface area contributed by atoms with Crippen molar-refractivity contribution in [1.29, 1.82) is 5.26 Å². The molecule has 3 aromatic carbocycles. The van der Waals surface area contributed by atoms with E-state index in [0.29, 0.717) is 49.8 Å². The van der Waals surface area contributed by atoms with Crippen molar-refractivity contribution in [2.24, 2.45) is 5.92 Å². The molecule has 17 heteroatoms. The minimum atomic E-state index is -0.950. The van der Waals surface area contributed by atoms with Crippen molar-refractivity contribution in [1.82, 2.24) is 20.5 Å². The number of aromatic nitrogens is 1. The lowest BCUT2D eigenvalue weighted by atomic mass is 10.0. The molecule has 0 saturated carbocycles. The molecule has 3 atom stereocenters. The van der Waals surface area contributed by atoms with Crippen LogP contribution in [0.3, 0.4) is 0 Å². The van der Waals surface area contributed by atoms with Gasteiger partial charge in [0, 0.05) is 56.9 Å². The molecule has 4 aromatic rings. The molecule has 5 N–H and O–H groups in total. The lowest BCUT2D eigenvalue weighted by molar-refractivity contribution is -0.143. The smallest absolute Gasteiger partial charge is 0.249 e. The fourth-order valence-electron chi connectivity index (χ4n) is 6.71. The number of carbonyl (C=O) groups excluding carboxylic acids is 4. The number of likely N-dealkylation sites (tertiary alicyclic amines) is 1. The largest absolute Gasteiger partial charge is 0.494 e. The second-order valence-corrected chi connectivity index (χ2v) is 17.4. The molecule has 0 aliphatic carbocycles.